The lowest BCUT2D eigenvalue weighted by molar-refractivity contribution is -0.132. The lowest BCUT2D eigenvalue weighted by atomic mass is 10.1. The molecule has 2 aliphatic rings. The maximum Gasteiger partial charge on any atom is 0.239 e. The SMILES string of the molecule is CCc1ccc(N2CC[C@@H](C(=O)NCCCN3CCCCC3)C2=O)cc1. The third-order valence-electron chi connectivity index (χ3n) is 5.58. The number of rotatable bonds is 7. The van der Waals surface area contributed by atoms with Gasteiger partial charge in [-0.3, -0.25) is 9.59 Å². The molecule has 0 aromatic heterocycles. The van der Waals surface area contributed by atoms with Gasteiger partial charge in [0.1, 0.15) is 5.92 Å². The highest BCUT2D eigenvalue weighted by atomic mass is 16.2. The van der Waals surface area contributed by atoms with Gasteiger partial charge in [0, 0.05) is 18.8 Å². The Balaban J connectivity index is 1.43. The fourth-order valence-corrected chi connectivity index (χ4v) is 3.91. The number of anilines is 1. The first-order valence-electron chi connectivity index (χ1n) is 10.1. The maximum atomic E-state index is 12.6. The van der Waals surface area contributed by atoms with Crippen LogP contribution in [0.5, 0.6) is 0 Å². The molecule has 0 aliphatic carbocycles. The zero-order valence-electron chi connectivity index (χ0n) is 15.9. The first-order chi connectivity index (χ1) is 12.7. The molecule has 3 rings (SSSR count). The summed E-state index contributed by atoms with van der Waals surface area (Å²) >= 11 is 0. The van der Waals surface area contributed by atoms with Gasteiger partial charge in [-0.1, -0.05) is 25.5 Å². The first-order valence-corrected chi connectivity index (χ1v) is 10.1. The molecule has 142 valence electrons. The van der Waals surface area contributed by atoms with E-state index >= 15 is 0 Å². The Kier molecular flexibility index (Phi) is 6.67. The second-order valence-corrected chi connectivity index (χ2v) is 7.40. The van der Waals surface area contributed by atoms with E-state index in [4.69, 9.17) is 0 Å². The normalized spacial score (nSPS) is 21.2. The van der Waals surface area contributed by atoms with Gasteiger partial charge >= 0.3 is 0 Å². The smallest absolute Gasteiger partial charge is 0.239 e. The van der Waals surface area contributed by atoms with Crippen LogP contribution in [0.25, 0.3) is 0 Å². The number of nitrogens with zero attached hydrogens (tertiary/aromatic N) is 2. The van der Waals surface area contributed by atoms with Gasteiger partial charge in [0.15, 0.2) is 0 Å². The van der Waals surface area contributed by atoms with Crippen LogP contribution in [0, 0.1) is 5.92 Å². The predicted molar refractivity (Wildman–Crippen MR) is 104 cm³/mol. The highest BCUT2D eigenvalue weighted by Gasteiger charge is 2.37. The van der Waals surface area contributed by atoms with Gasteiger partial charge in [-0.15, -0.1) is 0 Å². The molecule has 1 atom stereocenters. The van der Waals surface area contributed by atoms with Crippen molar-refractivity contribution >= 4 is 17.5 Å². The van der Waals surface area contributed by atoms with Gasteiger partial charge in [0.05, 0.1) is 0 Å². The van der Waals surface area contributed by atoms with Crippen molar-refractivity contribution in [2.24, 2.45) is 5.92 Å². The number of aryl methyl sites for hydroxylation is 1. The molecule has 0 spiro atoms. The number of amides is 2. The topological polar surface area (TPSA) is 52.7 Å². The first kappa shape index (κ1) is 18.9. The van der Waals surface area contributed by atoms with Crippen LogP contribution in [0.15, 0.2) is 24.3 Å². The van der Waals surface area contributed by atoms with E-state index in [1.807, 2.05) is 12.1 Å². The number of carbonyl (C=O) groups excluding carboxylic acids is 2. The minimum atomic E-state index is -0.532. The summed E-state index contributed by atoms with van der Waals surface area (Å²) in [7, 11) is 0. The van der Waals surface area contributed by atoms with E-state index in [9.17, 15) is 9.59 Å². The molecule has 1 N–H and O–H groups in total. The van der Waals surface area contributed by atoms with Crippen molar-refractivity contribution in [3.05, 3.63) is 29.8 Å². The minimum Gasteiger partial charge on any atom is -0.355 e. The molecule has 5 nitrogen and oxygen atoms in total. The van der Waals surface area contributed by atoms with Gasteiger partial charge in [-0.2, -0.15) is 0 Å². The van der Waals surface area contributed by atoms with Gasteiger partial charge < -0.3 is 15.1 Å². The van der Waals surface area contributed by atoms with Crippen molar-refractivity contribution < 1.29 is 9.59 Å². The molecule has 26 heavy (non-hydrogen) atoms. The summed E-state index contributed by atoms with van der Waals surface area (Å²) in [6.07, 6.45) is 6.46. The van der Waals surface area contributed by atoms with E-state index in [0.717, 1.165) is 25.1 Å². The average Bonchev–Trinajstić information content (AvgIpc) is 3.07. The molecule has 0 saturated carbocycles. The summed E-state index contributed by atoms with van der Waals surface area (Å²) in [5, 5.41) is 2.97. The molecule has 2 saturated heterocycles. The third kappa shape index (κ3) is 4.64. The molecule has 2 aliphatic heterocycles. The van der Waals surface area contributed by atoms with Gasteiger partial charge in [-0.25, -0.2) is 0 Å². The summed E-state index contributed by atoms with van der Waals surface area (Å²) in [6.45, 7) is 6.79. The van der Waals surface area contributed by atoms with Crippen molar-refractivity contribution in [2.75, 3.05) is 37.6 Å². The van der Waals surface area contributed by atoms with Crippen LogP contribution >= 0.6 is 0 Å². The fraction of sp³-hybridized carbons (Fsp3) is 0.619. The number of nitrogens with one attached hydrogen (secondary N) is 1. The molecule has 2 heterocycles. The molecular weight excluding hydrogens is 326 g/mol. The molecule has 2 fully saturated rings. The summed E-state index contributed by atoms with van der Waals surface area (Å²) in [5.74, 6) is -0.708. The second kappa shape index (κ2) is 9.17. The zero-order chi connectivity index (χ0) is 18.4. The number of hydrogen-bond donors (Lipinski definition) is 1. The van der Waals surface area contributed by atoms with Crippen LogP contribution in [0.3, 0.4) is 0 Å². The highest BCUT2D eigenvalue weighted by molar-refractivity contribution is 6.09. The van der Waals surface area contributed by atoms with Crippen LogP contribution in [0.1, 0.15) is 44.6 Å². The second-order valence-electron chi connectivity index (χ2n) is 7.40. The minimum absolute atomic E-state index is 0.0669. The van der Waals surface area contributed by atoms with Crippen LogP contribution in [0.4, 0.5) is 5.69 Å². The highest BCUT2D eigenvalue weighted by Crippen LogP contribution is 2.25. The Bertz CT molecular complexity index is 608. The Morgan fingerprint density at radius 1 is 1.12 bits per heavy atom. The lowest BCUT2D eigenvalue weighted by Gasteiger charge is -2.26. The van der Waals surface area contributed by atoms with Gasteiger partial charge in [-0.05, 0) is 69.4 Å². The lowest BCUT2D eigenvalue weighted by Crippen LogP contribution is -2.38. The van der Waals surface area contributed by atoms with Crippen LogP contribution in [0.2, 0.25) is 0 Å². The van der Waals surface area contributed by atoms with E-state index in [1.165, 1.54) is 37.9 Å². The molecule has 5 heteroatoms. The largest absolute Gasteiger partial charge is 0.355 e. The maximum absolute atomic E-state index is 12.6. The van der Waals surface area contributed by atoms with Crippen LogP contribution in [-0.2, 0) is 16.0 Å². The molecule has 0 bridgehead atoms. The van der Waals surface area contributed by atoms with Crippen molar-refractivity contribution in [3.8, 4) is 0 Å². The molecule has 1 aromatic rings. The predicted octanol–water partition coefficient (Wildman–Crippen LogP) is 2.59. The molecule has 0 unspecified atom stereocenters. The van der Waals surface area contributed by atoms with Crippen LogP contribution in [-0.4, -0.2) is 49.4 Å². The van der Waals surface area contributed by atoms with E-state index in [-0.39, 0.29) is 11.8 Å². The Hall–Kier alpha value is -1.88. The van der Waals surface area contributed by atoms with Crippen LogP contribution < -0.4 is 10.2 Å². The van der Waals surface area contributed by atoms with Crippen molar-refractivity contribution in [3.63, 3.8) is 0 Å². The molecule has 1 aromatic carbocycles. The summed E-state index contributed by atoms with van der Waals surface area (Å²) in [4.78, 5) is 29.3. The molecular formula is C21H31N3O2. The number of benzene rings is 1. The number of likely N-dealkylation sites (tertiary alicyclic amines) is 1. The van der Waals surface area contributed by atoms with E-state index in [1.54, 1.807) is 4.90 Å². The monoisotopic (exact) mass is 357 g/mol. The summed E-state index contributed by atoms with van der Waals surface area (Å²) in [6, 6.07) is 8.07. The zero-order valence-corrected chi connectivity index (χ0v) is 15.9. The average molecular weight is 357 g/mol. The van der Waals surface area contributed by atoms with E-state index in [2.05, 4.69) is 29.3 Å². The Labute approximate surface area is 156 Å². The standard InChI is InChI=1S/C21H31N3O2/c1-2-17-7-9-18(10-8-17)24-16-11-19(21(24)26)20(25)22-12-6-15-23-13-4-3-5-14-23/h7-10,19H,2-6,11-16H2,1H3,(H,22,25)/t19-/m0/s1. The number of piperidine rings is 1. The van der Waals surface area contributed by atoms with E-state index < -0.39 is 5.92 Å². The number of hydrogen-bond acceptors (Lipinski definition) is 3. The van der Waals surface area contributed by atoms with E-state index in [0.29, 0.717) is 19.5 Å². The Morgan fingerprint density at radius 3 is 2.54 bits per heavy atom. The number of carbonyl (C=O) groups is 2. The van der Waals surface area contributed by atoms with Gasteiger partial charge in [0.2, 0.25) is 11.8 Å². The van der Waals surface area contributed by atoms with Gasteiger partial charge in [0.25, 0.3) is 0 Å². The fourth-order valence-electron chi connectivity index (χ4n) is 3.91. The summed E-state index contributed by atoms with van der Waals surface area (Å²) in [5.41, 5.74) is 2.15. The van der Waals surface area contributed by atoms with Crippen molar-refractivity contribution in [1.82, 2.24) is 10.2 Å². The molecule has 2 amide bonds. The third-order valence-corrected chi connectivity index (χ3v) is 5.58. The summed E-state index contributed by atoms with van der Waals surface area (Å²) < 4.78 is 0. The molecule has 0 radical (unpaired) electrons. The quantitative estimate of drug-likeness (QED) is 0.603. The van der Waals surface area contributed by atoms with Crippen molar-refractivity contribution in [2.45, 2.75) is 45.4 Å². The van der Waals surface area contributed by atoms with Crippen molar-refractivity contribution in [1.29, 1.82) is 0 Å². The Morgan fingerprint density at radius 2 is 1.85 bits per heavy atom.